The number of carbonyl (C=O) groups is 1. The topological polar surface area (TPSA) is 71.3 Å². The first kappa shape index (κ1) is 20.4. The molecule has 0 saturated carbocycles. The summed E-state index contributed by atoms with van der Waals surface area (Å²) >= 11 is 0. The molecule has 3 aromatic rings. The van der Waals surface area contributed by atoms with Gasteiger partial charge in [0.05, 0.1) is 11.6 Å². The molecule has 1 fully saturated rings. The number of benzene rings is 1. The zero-order chi connectivity index (χ0) is 22.1. The fraction of sp³-hybridized carbons (Fsp3) is 0.360. The Balaban J connectivity index is 1.42. The van der Waals surface area contributed by atoms with Crippen LogP contribution in [0.3, 0.4) is 0 Å². The highest BCUT2D eigenvalue weighted by Gasteiger charge is 2.33. The van der Waals surface area contributed by atoms with E-state index in [-0.39, 0.29) is 17.4 Å². The molecular weight excluding hydrogens is 402 g/mol. The first-order valence-electron chi connectivity index (χ1n) is 11.2. The molecule has 7 heteroatoms. The maximum atomic E-state index is 13.5. The summed E-state index contributed by atoms with van der Waals surface area (Å²) in [4.78, 5) is 39.1. The standard InChI is InChI=1S/C25H27N5O2/c1-28-23(31)16-21(18-10-12-26-13-11-18)27-25(28)29-14-4-8-20(17-29)24(32)30-15-5-7-19-6-2-3-9-22(19)30/h2-3,6,9-13,16,20H,4-5,7-8,14-15,17H2,1H3. The number of pyridine rings is 1. The lowest BCUT2D eigenvalue weighted by Crippen LogP contribution is -2.47. The predicted octanol–water partition coefficient (Wildman–Crippen LogP) is 3.04. The molecule has 2 aliphatic rings. The van der Waals surface area contributed by atoms with Gasteiger partial charge in [-0.15, -0.1) is 0 Å². The van der Waals surface area contributed by atoms with Crippen molar-refractivity contribution in [1.82, 2.24) is 14.5 Å². The Morgan fingerprint density at radius 3 is 2.72 bits per heavy atom. The molecule has 164 valence electrons. The Bertz CT molecular complexity index is 1190. The van der Waals surface area contributed by atoms with Gasteiger partial charge in [-0.1, -0.05) is 18.2 Å². The van der Waals surface area contributed by atoms with Crippen molar-refractivity contribution in [1.29, 1.82) is 0 Å². The van der Waals surface area contributed by atoms with Gasteiger partial charge < -0.3 is 9.80 Å². The summed E-state index contributed by atoms with van der Waals surface area (Å²) in [7, 11) is 1.74. The van der Waals surface area contributed by atoms with E-state index in [2.05, 4.69) is 22.0 Å². The predicted molar refractivity (Wildman–Crippen MR) is 125 cm³/mol. The van der Waals surface area contributed by atoms with Crippen molar-refractivity contribution in [3.05, 3.63) is 70.8 Å². The molecule has 0 bridgehead atoms. The summed E-state index contributed by atoms with van der Waals surface area (Å²) in [5.74, 6) is 0.675. The van der Waals surface area contributed by atoms with E-state index in [1.165, 1.54) is 5.56 Å². The molecule has 1 unspecified atom stereocenters. The van der Waals surface area contributed by atoms with E-state index in [1.54, 1.807) is 30.1 Å². The van der Waals surface area contributed by atoms with Crippen LogP contribution in [-0.2, 0) is 18.3 Å². The molecule has 1 aromatic carbocycles. The van der Waals surface area contributed by atoms with Gasteiger partial charge in [0.15, 0.2) is 0 Å². The monoisotopic (exact) mass is 429 g/mol. The van der Waals surface area contributed by atoms with Gasteiger partial charge in [0.1, 0.15) is 0 Å². The van der Waals surface area contributed by atoms with Crippen molar-refractivity contribution >= 4 is 17.5 Å². The highest BCUT2D eigenvalue weighted by atomic mass is 16.2. The molecule has 1 saturated heterocycles. The van der Waals surface area contributed by atoms with Crippen LogP contribution in [0.2, 0.25) is 0 Å². The summed E-state index contributed by atoms with van der Waals surface area (Å²) in [5, 5.41) is 0. The number of rotatable bonds is 3. The zero-order valence-corrected chi connectivity index (χ0v) is 18.3. The normalized spacial score (nSPS) is 18.3. The molecular formula is C25H27N5O2. The first-order valence-corrected chi connectivity index (χ1v) is 11.2. The van der Waals surface area contributed by atoms with Gasteiger partial charge in [0, 0.05) is 56.4 Å². The number of aryl methyl sites for hydroxylation is 1. The fourth-order valence-electron chi connectivity index (χ4n) is 4.82. The molecule has 0 radical (unpaired) electrons. The van der Waals surface area contributed by atoms with Crippen LogP contribution in [0.4, 0.5) is 11.6 Å². The summed E-state index contributed by atoms with van der Waals surface area (Å²) in [5.41, 5.74) is 3.66. The summed E-state index contributed by atoms with van der Waals surface area (Å²) in [6.45, 7) is 2.11. The highest BCUT2D eigenvalue weighted by Crippen LogP contribution is 2.31. The van der Waals surface area contributed by atoms with Crippen molar-refractivity contribution in [3.8, 4) is 11.3 Å². The molecule has 4 heterocycles. The zero-order valence-electron chi connectivity index (χ0n) is 18.3. The lowest BCUT2D eigenvalue weighted by molar-refractivity contribution is -0.122. The van der Waals surface area contributed by atoms with Crippen molar-refractivity contribution in [2.45, 2.75) is 25.7 Å². The number of carbonyl (C=O) groups excluding carboxylic acids is 1. The largest absolute Gasteiger partial charge is 0.341 e. The van der Waals surface area contributed by atoms with E-state index in [0.717, 1.165) is 50.0 Å². The summed E-state index contributed by atoms with van der Waals surface area (Å²) in [6.07, 6.45) is 7.14. The summed E-state index contributed by atoms with van der Waals surface area (Å²) < 4.78 is 1.58. The number of fused-ring (bicyclic) bond motifs is 1. The van der Waals surface area contributed by atoms with E-state index < -0.39 is 0 Å². The van der Waals surface area contributed by atoms with Crippen LogP contribution >= 0.6 is 0 Å². The van der Waals surface area contributed by atoms with E-state index in [4.69, 9.17) is 4.98 Å². The fourth-order valence-corrected chi connectivity index (χ4v) is 4.82. The maximum Gasteiger partial charge on any atom is 0.255 e. The van der Waals surface area contributed by atoms with Crippen LogP contribution in [0.1, 0.15) is 24.8 Å². The van der Waals surface area contributed by atoms with Crippen LogP contribution in [0, 0.1) is 5.92 Å². The van der Waals surface area contributed by atoms with Crippen LogP contribution < -0.4 is 15.4 Å². The number of nitrogens with zero attached hydrogens (tertiary/aromatic N) is 5. The highest BCUT2D eigenvalue weighted by molar-refractivity contribution is 5.96. The molecule has 0 N–H and O–H groups in total. The Hall–Kier alpha value is -3.48. The molecule has 0 spiro atoms. The van der Waals surface area contributed by atoms with Gasteiger partial charge in [-0.3, -0.25) is 19.1 Å². The Kier molecular flexibility index (Phi) is 5.47. The molecule has 1 amide bonds. The van der Waals surface area contributed by atoms with Gasteiger partial charge >= 0.3 is 0 Å². The second kappa shape index (κ2) is 8.57. The molecule has 2 aromatic heterocycles. The van der Waals surface area contributed by atoms with Crippen molar-refractivity contribution in [2.24, 2.45) is 13.0 Å². The minimum Gasteiger partial charge on any atom is -0.341 e. The van der Waals surface area contributed by atoms with Crippen LogP contribution in [0.15, 0.2) is 59.7 Å². The number of aromatic nitrogens is 3. The minimum atomic E-state index is -0.114. The van der Waals surface area contributed by atoms with Crippen molar-refractivity contribution < 1.29 is 4.79 Å². The number of hydrogen-bond donors (Lipinski definition) is 0. The number of hydrogen-bond acceptors (Lipinski definition) is 5. The van der Waals surface area contributed by atoms with E-state index in [1.807, 2.05) is 29.2 Å². The van der Waals surface area contributed by atoms with Crippen LogP contribution in [-0.4, -0.2) is 40.1 Å². The third-order valence-electron chi connectivity index (χ3n) is 6.52. The molecule has 2 aliphatic heterocycles. The van der Waals surface area contributed by atoms with Gasteiger partial charge in [-0.05, 0) is 49.4 Å². The lowest BCUT2D eigenvalue weighted by Gasteiger charge is -2.37. The number of piperidine rings is 1. The minimum absolute atomic E-state index is 0.111. The first-order chi connectivity index (χ1) is 15.6. The molecule has 32 heavy (non-hydrogen) atoms. The molecule has 7 nitrogen and oxygen atoms in total. The Labute approximate surface area is 187 Å². The molecule has 1 atom stereocenters. The summed E-state index contributed by atoms with van der Waals surface area (Å²) in [6, 6.07) is 13.5. The number of anilines is 2. The lowest BCUT2D eigenvalue weighted by atomic mass is 9.94. The van der Waals surface area contributed by atoms with Gasteiger partial charge in [-0.2, -0.15) is 0 Å². The van der Waals surface area contributed by atoms with Crippen LogP contribution in [0.5, 0.6) is 0 Å². The maximum absolute atomic E-state index is 13.5. The average molecular weight is 430 g/mol. The number of amides is 1. The quantitative estimate of drug-likeness (QED) is 0.640. The number of para-hydroxylation sites is 1. The van der Waals surface area contributed by atoms with Gasteiger partial charge in [0.25, 0.3) is 5.56 Å². The average Bonchev–Trinajstić information content (AvgIpc) is 2.85. The van der Waals surface area contributed by atoms with E-state index in [0.29, 0.717) is 18.2 Å². The third kappa shape index (κ3) is 3.79. The molecule has 0 aliphatic carbocycles. The smallest absolute Gasteiger partial charge is 0.255 e. The Morgan fingerprint density at radius 2 is 1.88 bits per heavy atom. The second-order valence-corrected chi connectivity index (χ2v) is 8.58. The SMILES string of the molecule is Cn1c(N2CCCC(C(=O)N3CCCc4ccccc43)C2)nc(-c2ccncc2)cc1=O. The third-order valence-corrected chi connectivity index (χ3v) is 6.52. The van der Waals surface area contributed by atoms with E-state index >= 15 is 0 Å². The molecule has 5 rings (SSSR count). The Morgan fingerprint density at radius 1 is 1.06 bits per heavy atom. The second-order valence-electron chi connectivity index (χ2n) is 8.58. The van der Waals surface area contributed by atoms with Crippen molar-refractivity contribution in [2.75, 3.05) is 29.4 Å². The van der Waals surface area contributed by atoms with Gasteiger partial charge in [0.2, 0.25) is 11.9 Å². The van der Waals surface area contributed by atoms with Crippen molar-refractivity contribution in [3.63, 3.8) is 0 Å². The van der Waals surface area contributed by atoms with Crippen LogP contribution in [0.25, 0.3) is 11.3 Å². The van der Waals surface area contributed by atoms with E-state index in [9.17, 15) is 9.59 Å². The van der Waals surface area contributed by atoms with Gasteiger partial charge in [-0.25, -0.2) is 4.98 Å².